The molecular formula is C16H27ClN2O3S. The van der Waals surface area contributed by atoms with Crippen LogP contribution in [0.4, 0.5) is 0 Å². The number of nitrogens with zero attached hydrogens (tertiary/aromatic N) is 1. The van der Waals surface area contributed by atoms with Crippen LogP contribution in [0.15, 0.2) is 24.3 Å². The minimum absolute atomic E-state index is 0. The predicted molar refractivity (Wildman–Crippen MR) is 96.0 cm³/mol. The van der Waals surface area contributed by atoms with Gasteiger partial charge in [0.1, 0.15) is 5.75 Å². The Morgan fingerprint density at radius 1 is 1.30 bits per heavy atom. The van der Waals surface area contributed by atoms with Gasteiger partial charge in [-0.25, -0.2) is 8.42 Å². The van der Waals surface area contributed by atoms with E-state index < -0.39 is 9.84 Å². The Morgan fingerprint density at radius 2 is 1.91 bits per heavy atom. The number of hydrogen-bond acceptors (Lipinski definition) is 5. The molecular weight excluding hydrogens is 336 g/mol. The molecule has 0 amide bonds. The highest BCUT2D eigenvalue weighted by Gasteiger charge is 2.33. The number of sulfone groups is 1. The number of hydrogen-bond donors (Lipinski definition) is 1. The predicted octanol–water partition coefficient (Wildman–Crippen LogP) is 1.84. The molecule has 1 aliphatic rings. The van der Waals surface area contributed by atoms with Gasteiger partial charge in [0.2, 0.25) is 0 Å². The van der Waals surface area contributed by atoms with Gasteiger partial charge in [0.25, 0.3) is 0 Å². The molecule has 0 bridgehead atoms. The molecule has 2 N–H and O–H groups in total. The van der Waals surface area contributed by atoms with E-state index in [1.54, 1.807) is 7.11 Å². The zero-order chi connectivity index (χ0) is 16.4. The van der Waals surface area contributed by atoms with Gasteiger partial charge in [0, 0.05) is 24.7 Å². The molecule has 5 nitrogen and oxygen atoms in total. The Bertz CT molecular complexity index is 597. The van der Waals surface area contributed by atoms with Crippen LogP contribution in [0.5, 0.6) is 5.75 Å². The Balaban J connectivity index is 0.00000264. The molecule has 132 valence electrons. The Kier molecular flexibility index (Phi) is 6.89. The van der Waals surface area contributed by atoms with E-state index in [0.29, 0.717) is 19.5 Å². The second-order valence-electron chi connectivity index (χ2n) is 6.80. The number of methoxy groups -OCH3 is 1. The summed E-state index contributed by atoms with van der Waals surface area (Å²) in [5.74, 6) is 1.33. The first-order chi connectivity index (χ1) is 10.2. The van der Waals surface area contributed by atoms with Gasteiger partial charge in [0.15, 0.2) is 9.84 Å². The number of halogens is 1. The first-order valence-electron chi connectivity index (χ1n) is 7.55. The third-order valence-corrected chi connectivity index (χ3v) is 5.63. The van der Waals surface area contributed by atoms with Crippen molar-refractivity contribution in [2.45, 2.75) is 38.4 Å². The molecule has 0 aromatic heterocycles. The average Bonchev–Trinajstić information content (AvgIpc) is 2.78. The fourth-order valence-electron chi connectivity index (χ4n) is 2.87. The van der Waals surface area contributed by atoms with Gasteiger partial charge >= 0.3 is 0 Å². The van der Waals surface area contributed by atoms with Crippen LogP contribution in [0.25, 0.3) is 0 Å². The van der Waals surface area contributed by atoms with E-state index in [0.717, 1.165) is 11.3 Å². The molecule has 1 saturated heterocycles. The Labute approximate surface area is 145 Å². The van der Waals surface area contributed by atoms with E-state index in [1.807, 2.05) is 38.1 Å². The lowest BCUT2D eigenvalue weighted by atomic mass is 10.0. The zero-order valence-corrected chi connectivity index (χ0v) is 15.6. The number of rotatable bonds is 6. The maximum Gasteiger partial charge on any atom is 0.151 e. The van der Waals surface area contributed by atoms with Crippen LogP contribution >= 0.6 is 12.4 Å². The lowest BCUT2D eigenvalue weighted by Crippen LogP contribution is -2.49. The van der Waals surface area contributed by atoms with Crippen LogP contribution in [0, 0.1) is 0 Å². The summed E-state index contributed by atoms with van der Waals surface area (Å²) in [6, 6.07) is 7.92. The summed E-state index contributed by atoms with van der Waals surface area (Å²) >= 11 is 0. The summed E-state index contributed by atoms with van der Waals surface area (Å²) in [4.78, 5) is 2.20. The van der Waals surface area contributed by atoms with E-state index in [2.05, 4.69) is 4.90 Å². The summed E-state index contributed by atoms with van der Waals surface area (Å²) in [5, 5.41) is 0. The van der Waals surface area contributed by atoms with Gasteiger partial charge in [-0.1, -0.05) is 12.1 Å². The lowest BCUT2D eigenvalue weighted by molar-refractivity contribution is 0.167. The van der Waals surface area contributed by atoms with Gasteiger partial charge in [-0.3, -0.25) is 4.90 Å². The van der Waals surface area contributed by atoms with Crippen LogP contribution in [0.2, 0.25) is 0 Å². The van der Waals surface area contributed by atoms with E-state index in [4.69, 9.17) is 10.5 Å². The fraction of sp³-hybridized carbons (Fsp3) is 0.625. The van der Waals surface area contributed by atoms with Crippen LogP contribution in [-0.4, -0.2) is 50.1 Å². The number of nitrogens with two attached hydrogens (primary N) is 1. The van der Waals surface area contributed by atoms with Gasteiger partial charge in [0.05, 0.1) is 18.6 Å². The highest BCUT2D eigenvalue weighted by molar-refractivity contribution is 7.91. The van der Waals surface area contributed by atoms with Gasteiger partial charge in [-0.05, 0) is 38.0 Å². The molecule has 1 aromatic rings. The van der Waals surface area contributed by atoms with Crippen LogP contribution < -0.4 is 10.5 Å². The minimum atomic E-state index is -2.90. The molecule has 0 radical (unpaired) electrons. The fourth-order valence-corrected chi connectivity index (χ4v) is 4.63. The second-order valence-corrected chi connectivity index (χ2v) is 9.03. The van der Waals surface area contributed by atoms with E-state index in [9.17, 15) is 8.42 Å². The molecule has 1 fully saturated rings. The van der Waals surface area contributed by atoms with E-state index in [1.165, 1.54) is 0 Å². The van der Waals surface area contributed by atoms with Crippen LogP contribution in [0.3, 0.4) is 0 Å². The normalized spacial score (nSPS) is 20.3. The highest BCUT2D eigenvalue weighted by Crippen LogP contribution is 2.22. The minimum Gasteiger partial charge on any atom is -0.497 e. The second kappa shape index (κ2) is 7.83. The largest absolute Gasteiger partial charge is 0.497 e. The van der Waals surface area contributed by atoms with Crippen molar-refractivity contribution in [1.82, 2.24) is 4.90 Å². The average molecular weight is 363 g/mol. The third kappa shape index (κ3) is 6.30. The molecule has 1 atom stereocenters. The molecule has 0 aliphatic carbocycles. The molecule has 0 spiro atoms. The smallest absolute Gasteiger partial charge is 0.151 e. The third-order valence-electron chi connectivity index (χ3n) is 3.88. The lowest BCUT2D eigenvalue weighted by Gasteiger charge is -2.34. The number of benzene rings is 1. The maximum absolute atomic E-state index is 11.8. The summed E-state index contributed by atoms with van der Waals surface area (Å²) < 4.78 is 28.7. The van der Waals surface area contributed by atoms with Crippen molar-refractivity contribution in [2.24, 2.45) is 5.73 Å². The molecule has 0 saturated carbocycles. The molecule has 23 heavy (non-hydrogen) atoms. The molecule has 1 aromatic carbocycles. The summed E-state index contributed by atoms with van der Waals surface area (Å²) in [6.45, 7) is 5.30. The topological polar surface area (TPSA) is 72.6 Å². The summed E-state index contributed by atoms with van der Waals surface area (Å²) in [6.07, 6.45) is 0.689. The quantitative estimate of drug-likeness (QED) is 0.836. The van der Waals surface area contributed by atoms with E-state index in [-0.39, 0.29) is 35.5 Å². The van der Waals surface area contributed by atoms with Crippen molar-refractivity contribution in [2.75, 3.05) is 25.2 Å². The Hall–Kier alpha value is -0.820. The van der Waals surface area contributed by atoms with Crippen molar-refractivity contribution in [3.63, 3.8) is 0 Å². The Morgan fingerprint density at radius 3 is 2.35 bits per heavy atom. The SMILES string of the molecule is COc1ccc(CN(CC(C)(C)N)C2CCS(=O)(=O)C2)cc1.Cl. The molecule has 1 aliphatic heterocycles. The molecule has 1 heterocycles. The van der Waals surface area contributed by atoms with Crippen molar-refractivity contribution < 1.29 is 13.2 Å². The van der Waals surface area contributed by atoms with E-state index >= 15 is 0 Å². The van der Waals surface area contributed by atoms with Crippen molar-refractivity contribution in [3.05, 3.63) is 29.8 Å². The maximum atomic E-state index is 11.8. The standard InChI is InChI=1S/C16H26N2O3S.ClH/c1-16(2,17)12-18(14-8-9-22(19,20)11-14)10-13-4-6-15(21-3)7-5-13;/h4-7,14H,8-12,17H2,1-3H3;1H. The molecule has 7 heteroatoms. The summed E-state index contributed by atoms with van der Waals surface area (Å²) in [7, 11) is -1.26. The monoisotopic (exact) mass is 362 g/mol. The van der Waals surface area contributed by atoms with Gasteiger partial charge in [-0.15, -0.1) is 12.4 Å². The number of ether oxygens (including phenoxy) is 1. The van der Waals surface area contributed by atoms with Crippen LogP contribution in [0.1, 0.15) is 25.8 Å². The first kappa shape index (κ1) is 20.2. The van der Waals surface area contributed by atoms with Gasteiger partial charge < -0.3 is 10.5 Å². The molecule has 1 unspecified atom stereocenters. The van der Waals surface area contributed by atoms with Crippen molar-refractivity contribution in [3.8, 4) is 5.75 Å². The van der Waals surface area contributed by atoms with Gasteiger partial charge in [-0.2, -0.15) is 0 Å². The van der Waals surface area contributed by atoms with Crippen molar-refractivity contribution in [1.29, 1.82) is 0 Å². The first-order valence-corrected chi connectivity index (χ1v) is 9.37. The van der Waals surface area contributed by atoms with Crippen LogP contribution in [-0.2, 0) is 16.4 Å². The van der Waals surface area contributed by atoms with Crippen molar-refractivity contribution >= 4 is 22.2 Å². The summed E-state index contributed by atoms with van der Waals surface area (Å²) in [5.41, 5.74) is 6.93. The zero-order valence-electron chi connectivity index (χ0n) is 14.0. The highest BCUT2D eigenvalue weighted by atomic mass is 35.5. The molecule has 2 rings (SSSR count).